The molecule has 4 aromatic rings. The molecule has 0 radical (unpaired) electrons. The van der Waals surface area contributed by atoms with E-state index in [1.54, 1.807) is 75.5 Å². The van der Waals surface area contributed by atoms with Gasteiger partial charge in [-0.1, -0.05) is 59.6 Å². The van der Waals surface area contributed by atoms with E-state index in [1.807, 2.05) is 22.0 Å². The predicted molar refractivity (Wildman–Crippen MR) is 296 cm³/mol. The molecular formula is C51H68Cl2N10O10S2. The van der Waals surface area contributed by atoms with Crippen LogP contribution in [0.3, 0.4) is 0 Å². The molecule has 4 heterocycles. The number of anilines is 2. The summed E-state index contributed by atoms with van der Waals surface area (Å²) < 4.78 is 77.1. The number of hydrogen-bond donors (Lipinski definition) is 1. The third-order valence-corrected chi connectivity index (χ3v) is 15.4. The lowest BCUT2D eigenvalue weighted by Gasteiger charge is -2.37. The Bertz CT molecular complexity index is 2950. The zero-order valence-electron chi connectivity index (χ0n) is 42.8. The van der Waals surface area contributed by atoms with E-state index in [2.05, 4.69) is 41.2 Å². The molecule has 2 fully saturated rings. The van der Waals surface area contributed by atoms with Gasteiger partial charge in [0.15, 0.2) is 0 Å². The minimum Gasteiger partial charge on any atom is -0.486 e. The number of carbonyl (C=O) groups is 1. The molecular weight excluding hydrogens is 1050 g/mol. The van der Waals surface area contributed by atoms with Crippen molar-refractivity contribution in [1.82, 2.24) is 37.2 Å². The Morgan fingerprint density at radius 2 is 1.13 bits per heavy atom. The molecule has 0 unspecified atom stereocenters. The molecule has 408 valence electrons. The van der Waals surface area contributed by atoms with E-state index >= 15 is 0 Å². The number of amides is 1. The van der Waals surface area contributed by atoms with Crippen molar-refractivity contribution in [3.63, 3.8) is 0 Å². The van der Waals surface area contributed by atoms with E-state index in [0.717, 1.165) is 38.5 Å². The summed E-state index contributed by atoms with van der Waals surface area (Å²) in [6.45, 7) is 22.1. The van der Waals surface area contributed by atoms with Crippen molar-refractivity contribution in [1.29, 1.82) is 0 Å². The van der Waals surface area contributed by atoms with Crippen LogP contribution in [0.25, 0.3) is 11.4 Å². The molecule has 24 heteroatoms. The maximum atomic E-state index is 13.6. The summed E-state index contributed by atoms with van der Waals surface area (Å²) in [7, 11) is -7.78. The highest BCUT2D eigenvalue weighted by molar-refractivity contribution is 7.87. The summed E-state index contributed by atoms with van der Waals surface area (Å²) in [6, 6.07) is 13.6. The van der Waals surface area contributed by atoms with Gasteiger partial charge in [0.25, 0.3) is 10.2 Å². The van der Waals surface area contributed by atoms with Crippen LogP contribution in [0, 0.1) is 0 Å². The van der Waals surface area contributed by atoms with Crippen LogP contribution in [0.1, 0.15) is 59.3 Å². The molecule has 75 heavy (non-hydrogen) atoms. The maximum Gasteiger partial charge on any atom is 0.425 e. The topological polar surface area (TPSA) is 211 Å². The molecule has 1 N–H and O–H groups in total. The highest BCUT2D eigenvalue weighted by Crippen LogP contribution is 2.29. The molecule has 1 amide bonds. The highest BCUT2D eigenvalue weighted by atomic mass is 35.5. The lowest BCUT2D eigenvalue weighted by Crippen LogP contribution is -2.55. The summed E-state index contributed by atoms with van der Waals surface area (Å²) in [5.74, 6) is 0.312. The van der Waals surface area contributed by atoms with Gasteiger partial charge in [-0.25, -0.2) is 4.79 Å². The first kappa shape index (κ1) is 59.9. The van der Waals surface area contributed by atoms with Gasteiger partial charge >= 0.3 is 27.4 Å². The van der Waals surface area contributed by atoms with Gasteiger partial charge in [0.05, 0.1) is 43.5 Å². The van der Waals surface area contributed by atoms with E-state index < -0.39 is 43.2 Å². The fourth-order valence-corrected chi connectivity index (χ4v) is 10.7. The average molecular weight is 1120 g/mol. The molecule has 0 saturated carbocycles. The summed E-state index contributed by atoms with van der Waals surface area (Å²) in [4.78, 5) is 43.4. The molecule has 2 aliphatic heterocycles. The summed E-state index contributed by atoms with van der Waals surface area (Å²) in [5.41, 5.74) is 0.310. The molecule has 6 rings (SSSR count). The van der Waals surface area contributed by atoms with Gasteiger partial charge in [-0.3, -0.25) is 9.59 Å². The number of hydrogen-bond acceptors (Lipinski definition) is 14. The van der Waals surface area contributed by atoms with Gasteiger partial charge in [0, 0.05) is 68.9 Å². The molecule has 0 spiro atoms. The first-order valence-electron chi connectivity index (χ1n) is 24.5. The zero-order valence-corrected chi connectivity index (χ0v) is 46.0. The smallest absolute Gasteiger partial charge is 0.425 e. The van der Waals surface area contributed by atoms with Crippen LogP contribution in [-0.4, -0.2) is 140 Å². The van der Waals surface area contributed by atoms with Gasteiger partial charge in [-0.15, -0.1) is 26.3 Å². The van der Waals surface area contributed by atoms with Crippen molar-refractivity contribution >= 4 is 61.1 Å². The van der Waals surface area contributed by atoms with E-state index in [0.29, 0.717) is 63.4 Å². The van der Waals surface area contributed by atoms with E-state index in [4.69, 9.17) is 37.4 Å². The SMILES string of the molecule is C=CCCCCOc1c(N2CCN(S(=O)(=O)N(CC=C)C(=O)OC(C)(C)C)CC2)cnn(-c2cccc(Cl)c2)c1=O.C=CCCCCOc1c(N2CCN(S(=O)(=O)NCC=C)CC2)cnn(-c2cccc(Cl)c2)c1=O. The van der Waals surface area contributed by atoms with Crippen molar-refractivity contribution in [2.45, 2.75) is 64.9 Å². The molecule has 20 nitrogen and oxygen atoms in total. The van der Waals surface area contributed by atoms with Crippen LogP contribution >= 0.6 is 23.2 Å². The first-order valence-corrected chi connectivity index (χ1v) is 28.1. The van der Waals surface area contributed by atoms with E-state index in [1.165, 1.54) is 36.3 Å². The third-order valence-electron chi connectivity index (χ3n) is 11.4. The van der Waals surface area contributed by atoms with Crippen molar-refractivity contribution < 1.29 is 35.8 Å². The molecule has 2 saturated heterocycles. The Labute approximate surface area is 450 Å². The summed E-state index contributed by atoms with van der Waals surface area (Å²) in [5, 5.41) is 9.66. The molecule has 2 aliphatic rings. The normalized spacial score (nSPS) is 14.5. The maximum absolute atomic E-state index is 13.6. The Balaban J connectivity index is 0.000000282. The minimum atomic E-state index is -4.19. The zero-order chi connectivity index (χ0) is 54.8. The molecule has 2 aromatic carbocycles. The van der Waals surface area contributed by atoms with Crippen molar-refractivity contribution in [2.24, 2.45) is 0 Å². The second-order valence-electron chi connectivity index (χ2n) is 18.1. The van der Waals surface area contributed by atoms with Crippen LogP contribution in [0.5, 0.6) is 11.5 Å². The number of aromatic nitrogens is 4. The minimum absolute atomic E-state index is 0.0644. The largest absolute Gasteiger partial charge is 0.486 e. The standard InChI is InChI=1S/C28H38ClN5O6S.C23H30ClN5O4S/c1-6-8-9-10-19-39-25-24(21-30-34(26(25)35)23-13-11-12-22(29)20-23)31-15-17-32(18-16-31)41(37,38)33(14-7-2)27(36)40-28(3,4)5;1-3-5-6-7-16-33-22-21(18-25-29(23(22)30)20-10-8-9-19(24)17-20)27-12-14-28(15-13-27)34(31,32)26-11-4-2/h6-7,11-13,20-21H,1-2,8-10,14-19H2,3-5H3;3-4,8-10,17-18,26H,1-2,5-7,11-16H2. The Kier molecular flexibility index (Phi) is 22.5. The number of ether oxygens (including phenoxy) is 3. The fraction of sp³-hybridized carbons (Fsp3) is 0.431. The Morgan fingerprint density at radius 1 is 0.680 bits per heavy atom. The number of piperazine rings is 2. The number of halogens is 2. The number of nitrogens with one attached hydrogen (secondary N) is 1. The number of carbonyl (C=O) groups excluding carboxylic acids is 1. The lowest BCUT2D eigenvalue weighted by molar-refractivity contribution is 0.0395. The van der Waals surface area contributed by atoms with Crippen LogP contribution in [0.2, 0.25) is 10.0 Å². The highest BCUT2D eigenvalue weighted by Gasteiger charge is 2.38. The van der Waals surface area contributed by atoms with Crippen molar-refractivity contribution in [3.05, 3.63) is 142 Å². The number of unbranched alkanes of at least 4 members (excludes halogenated alkanes) is 4. The average Bonchev–Trinajstić information content (AvgIpc) is 3.37. The molecule has 0 atom stereocenters. The predicted octanol–water partition coefficient (Wildman–Crippen LogP) is 7.17. The Morgan fingerprint density at radius 3 is 1.53 bits per heavy atom. The van der Waals surface area contributed by atoms with Crippen molar-refractivity contribution in [3.8, 4) is 22.9 Å². The van der Waals surface area contributed by atoms with E-state index in [-0.39, 0.29) is 63.9 Å². The quantitative estimate of drug-likeness (QED) is 0.0545. The molecule has 0 bridgehead atoms. The van der Waals surface area contributed by atoms with Gasteiger partial charge in [-0.05, 0) is 95.7 Å². The van der Waals surface area contributed by atoms with Crippen LogP contribution in [0.15, 0.2) is 121 Å². The lowest BCUT2D eigenvalue weighted by atomic mass is 10.2. The van der Waals surface area contributed by atoms with Gasteiger partial charge in [-0.2, -0.15) is 54.0 Å². The second-order valence-corrected chi connectivity index (χ2v) is 22.6. The van der Waals surface area contributed by atoms with E-state index in [9.17, 15) is 31.2 Å². The first-order chi connectivity index (χ1) is 35.8. The second kappa shape index (κ2) is 28.2. The number of benzene rings is 2. The third kappa shape index (κ3) is 16.7. The van der Waals surface area contributed by atoms with Crippen LogP contribution < -0.4 is 35.1 Å². The fourth-order valence-electron chi connectivity index (χ4n) is 7.71. The van der Waals surface area contributed by atoms with Crippen LogP contribution in [0.4, 0.5) is 16.2 Å². The number of nitrogens with zero attached hydrogens (tertiary/aromatic N) is 9. The summed E-state index contributed by atoms with van der Waals surface area (Å²) in [6.07, 6.45) is 13.6. The number of rotatable bonds is 24. The van der Waals surface area contributed by atoms with Crippen molar-refractivity contribution in [2.75, 3.05) is 88.5 Å². The summed E-state index contributed by atoms with van der Waals surface area (Å²) >= 11 is 12.2. The monoisotopic (exact) mass is 1110 g/mol. The molecule has 0 aliphatic carbocycles. The van der Waals surface area contributed by atoms with Crippen LogP contribution in [-0.2, 0) is 25.2 Å². The van der Waals surface area contributed by atoms with Gasteiger partial charge in [0.1, 0.15) is 17.0 Å². The number of allylic oxidation sites excluding steroid dienone is 2. The Hall–Kier alpha value is -6.01. The van der Waals surface area contributed by atoms with Gasteiger partial charge < -0.3 is 24.0 Å². The molecule has 2 aromatic heterocycles. The van der Waals surface area contributed by atoms with Gasteiger partial charge in [0.2, 0.25) is 11.5 Å².